The van der Waals surface area contributed by atoms with Gasteiger partial charge in [-0.25, -0.2) is 0 Å². The molecule has 1 aromatic rings. The van der Waals surface area contributed by atoms with Crippen molar-refractivity contribution in [3.05, 3.63) is 29.8 Å². The number of rotatable bonds is 6. The molecule has 110 valence electrons. The molecule has 4 nitrogen and oxygen atoms in total. The number of nitrogens with one attached hydrogen (secondary N) is 1. The number of hydrogen-bond donors (Lipinski definition) is 1. The lowest BCUT2D eigenvalue weighted by molar-refractivity contribution is -0.125. The van der Waals surface area contributed by atoms with Crippen LogP contribution < -0.4 is 10.1 Å². The van der Waals surface area contributed by atoms with Gasteiger partial charge in [0, 0.05) is 6.54 Å². The smallest absolute Gasteiger partial charge is 0.237 e. The van der Waals surface area contributed by atoms with Gasteiger partial charge >= 0.3 is 0 Å². The first-order valence-corrected chi connectivity index (χ1v) is 7.39. The van der Waals surface area contributed by atoms with E-state index in [-0.39, 0.29) is 11.9 Å². The Morgan fingerprint density at radius 3 is 2.80 bits per heavy atom. The molecule has 1 atom stereocenters. The number of benzene rings is 1. The third-order valence-corrected chi connectivity index (χ3v) is 3.80. The summed E-state index contributed by atoms with van der Waals surface area (Å²) in [6.45, 7) is 4.80. The minimum Gasteiger partial charge on any atom is -0.497 e. The summed E-state index contributed by atoms with van der Waals surface area (Å²) in [6.07, 6.45) is 3.21. The SMILES string of the molecule is CCCN1CCC[C@@H]1C(=O)NCc1ccc(OC)cc1. The highest BCUT2D eigenvalue weighted by Crippen LogP contribution is 2.18. The summed E-state index contributed by atoms with van der Waals surface area (Å²) in [5.41, 5.74) is 1.10. The van der Waals surface area contributed by atoms with E-state index in [0.29, 0.717) is 6.54 Å². The van der Waals surface area contributed by atoms with E-state index in [1.807, 2.05) is 24.3 Å². The summed E-state index contributed by atoms with van der Waals surface area (Å²) >= 11 is 0. The van der Waals surface area contributed by atoms with Crippen LogP contribution in [0.4, 0.5) is 0 Å². The Morgan fingerprint density at radius 2 is 2.15 bits per heavy atom. The molecule has 2 rings (SSSR count). The monoisotopic (exact) mass is 276 g/mol. The van der Waals surface area contributed by atoms with E-state index in [9.17, 15) is 4.79 Å². The predicted octanol–water partition coefficient (Wildman–Crippen LogP) is 2.19. The zero-order valence-corrected chi connectivity index (χ0v) is 12.4. The molecule has 1 amide bonds. The van der Waals surface area contributed by atoms with Crippen molar-refractivity contribution in [1.29, 1.82) is 0 Å². The first-order valence-electron chi connectivity index (χ1n) is 7.39. The van der Waals surface area contributed by atoms with Crippen molar-refractivity contribution in [3.63, 3.8) is 0 Å². The van der Waals surface area contributed by atoms with Crippen molar-refractivity contribution >= 4 is 5.91 Å². The third-order valence-electron chi connectivity index (χ3n) is 3.80. The molecule has 1 heterocycles. The van der Waals surface area contributed by atoms with E-state index in [2.05, 4.69) is 17.1 Å². The second kappa shape index (κ2) is 7.29. The Balaban J connectivity index is 1.84. The van der Waals surface area contributed by atoms with Gasteiger partial charge in [-0.05, 0) is 50.0 Å². The number of amides is 1. The molecule has 0 bridgehead atoms. The standard InChI is InChI=1S/C16H24N2O2/c1-3-10-18-11-4-5-15(18)16(19)17-12-13-6-8-14(20-2)9-7-13/h6-9,15H,3-5,10-12H2,1-2H3,(H,17,19)/t15-/m1/s1. The summed E-state index contributed by atoms with van der Waals surface area (Å²) < 4.78 is 5.12. The molecule has 1 fully saturated rings. The van der Waals surface area contributed by atoms with Gasteiger partial charge < -0.3 is 10.1 Å². The van der Waals surface area contributed by atoms with Crippen LogP contribution in [0.5, 0.6) is 5.75 Å². The topological polar surface area (TPSA) is 41.6 Å². The fraction of sp³-hybridized carbons (Fsp3) is 0.562. The van der Waals surface area contributed by atoms with E-state index < -0.39 is 0 Å². The lowest BCUT2D eigenvalue weighted by Crippen LogP contribution is -2.43. The predicted molar refractivity (Wildman–Crippen MR) is 79.7 cm³/mol. The first-order chi connectivity index (χ1) is 9.74. The fourth-order valence-electron chi connectivity index (χ4n) is 2.73. The number of hydrogen-bond acceptors (Lipinski definition) is 3. The Bertz CT molecular complexity index is 431. The highest BCUT2D eigenvalue weighted by molar-refractivity contribution is 5.82. The number of likely N-dealkylation sites (tertiary alicyclic amines) is 1. The van der Waals surface area contributed by atoms with E-state index >= 15 is 0 Å². The van der Waals surface area contributed by atoms with Crippen molar-refractivity contribution in [2.75, 3.05) is 20.2 Å². The van der Waals surface area contributed by atoms with Gasteiger partial charge in [0.15, 0.2) is 0 Å². The van der Waals surface area contributed by atoms with Crippen LogP contribution in [0.1, 0.15) is 31.7 Å². The molecular weight excluding hydrogens is 252 g/mol. The van der Waals surface area contributed by atoms with Crippen LogP contribution in [-0.2, 0) is 11.3 Å². The normalized spacial score (nSPS) is 19.0. The highest BCUT2D eigenvalue weighted by Gasteiger charge is 2.29. The molecule has 1 aliphatic rings. The van der Waals surface area contributed by atoms with Gasteiger partial charge in [-0.1, -0.05) is 19.1 Å². The van der Waals surface area contributed by atoms with Gasteiger partial charge in [-0.15, -0.1) is 0 Å². The van der Waals surface area contributed by atoms with Crippen molar-refractivity contribution < 1.29 is 9.53 Å². The number of methoxy groups -OCH3 is 1. The van der Waals surface area contributed by atoms with Gasteiger partial charge in [0.05, 0.1) is 13.2 Å². The van der Waals surface area contributed by atoms with Crippen LogP contribution in [-0.4, -0.2) is 37.0 Å². The van der Waals surface area contributed by atoms with Crippen molar-refractivity contribution in [2.45, 2.75) is 38.8 Å². The van der Waals surface area contributed by atoms with Crippen LogP contribution in [0.15, 0.2) is 24.3 Å². The number of carbonyl (C=O) groups excluding carboxylic acids is 1. The minimum absolute atomic E-state index is 0.0631. The van der Waals surface area contributed by atoms with Crippen LogP contribution in [0, 0.1) is 0 Å². The lowest BCUT2D eigenvalue weighted by Gasteiger charge is -2.22. The van der Waals surface area contributed by atoms with Crippen LogP contribution in [0.2, 0.25) is 0 Å². The van der Waals surface area contributed by atoms with E-state index in [4.69, 9.17) is 4.74 Å². The quantitative estimate of drug-likeness (QED) is 0.866. The second-order valence-corrected chi connectivity index (χ2v) is 5.26. The summed E-state index contributed by atoms with van der Waals surface area (Å²) in [6, 6.07) is 7.86. The van der Waals surface area contributed by atoms with Gasteiger partial charge in [0.1, 0.15) is 5.75 Å². The molecule has 1 aliphatic heterocycles. The molecule has 0 spiro atoms. The van der Waals surface area contributed by atoms with Crippen molar-refractivity contribution in [3.8, 4) is 5.75 Å². The fourth-order valence-corrected chi connectivity index (χ4v) is 2.73. The Kier molecular flexibility index (Phi) is 5.41. The molecule has 0 saturated carbocycles. The lowest BCUT2D eigenvalue weighted by atomic mass is 10.2. The largest absolute Gasteiger partial charge is 0.497 e. The summed E-state index contributed by atoms with van der Waals surface area (Å²) in [5, 5.41) is 3.05. The van der Waals surface area contributed by atoms with E-state index in [0.717, 1.165) is 43.7 Å². The third kappa shape index (κ3) is 3.73. The molecule has 0 unspecified atom stereocenters. The molecule has 1 N–H and O–H groups in total. The first kappa shape index (κ1) is 14.9. The van der Waals surface area contributed by atoms with E-state index in [1.165, 1.54) is 0 Å². The molecule has 4 heteroatoms. The molecule has 1 aromatic carbocycles. The number of ether oxygens (including phenoxy) is 1. The average molecular weight is 276 g/mol. The maximum absolute atomic E-state index is 12.2. The minimum atomic E-state index is 0.0631. The Labute approximate surface area is 121 Å². The van der Waals surface area contributed by atoms with Crippen molar-refractivity contribution in [1.82, 2.24) is 10.2 Å². The van der Waals surface area contributed by atoms with Gasteiger partial charge in [-0.3, -0.25) is 9.69 Å². The van der Waals surface area contributed by atoms with Crippen LogP contribution in [0.25, 0.3) is 0 Å². The second-order valence-electron chi connectivity index (χ2n) is 5.26. The van der Waals surface area contributed by atoms with Crippen molar-refractivity contribution in [2.24, 2.45) is 0 Å². The van der Waals surface area contributed by atoms with Gasteiger partial charge in [0.25, 0.3) is 0 Å². The maximum atomic E-state index is 12.2. The zero-order chi connectivity index (χ0) is 14.4. The summed E-state index contributed by atoms with van der Waals surface area (Å²) in [7, 11) is 1.65. The molecule has 1 saturated heterocycles. The summed E-state index contributed by atoms with van der Waals surface area (Å²) in [4.78, 5) is 14.5. The summed E-state index contributed by atoms with van der Waals surface area (Å²) in [5.74, 6) is 0.997. The van der Waals surface area contributed by atoms with Gasteiger partial charge in [0.2, 0.25) is 5.91 Å². The zero-order valence-electron chi connectivity index (χ0n) is 12.4. The molecule has 0 radical (unpaired) electrons. The maximum Gasteiger partial charge on any atom is 0.237 e. The van der Waals surface area contributed by atoms with Crippen LogP contribution in [0.3, 0.4) is 0 Å². The van der Waals surface area contributed by atoms with Gasteiger partial charge in [-0.2, -0.15) is 0 Å². The molecule has 0 aromatic heterocycles. The Morgan fingerprint density at radius 1 is 1.40 bits per heavy atom. The Hall–Kier alpha value is -1.55. The molecular formula is C16H24N2O2. The molecule has 20 heavy (non-hydrogen) atoms. The number of nitrogens with zero attached hydrogens (tertiary/aromatic N) is 1. The molecule has 0 aliphatic carbocycles. The highest BCUT2D eigenvalue weighted by atomic mass is 16.5. The average Bonchev–Trinajstić information content (AvgIpc) is 2.94. The number of carbonyl (C=O) groups is 1. The van der Waals surface area contributed by atoms with Crippen LogP contribution >= 0.6 is 0 Å². The van der Waals surface area contributed by atoms with E-state index in [1.54, 1.807) is 7.11 Å².